The predicted molar refractivity (Wildman–Crippen MR) is 236 cm³/mol. The zero-order valence-electron chi connectivity index (χ0n) is 36.9. The fourth-order valence-corrected chi connectivity index (χ4v) is 6.97. The first-order chi connectivity index (χ1) is 27.8. The van der Waals surface area contributed by atoms with Crippen LogP contribution in [0.1, 0.15) is 232 Å². The summed E-state index contributed by atoms with van der Waals surface area (Å²) in [4.78, 5) is 47.5. The van der Waals surface area contributed by atoms with Crippen LogP contribution >= 0.6 is 0 Å². The molecule has 0 bridgehead atoms. The molecular formula is C48H88N2O7. The molecule has 2 amide bonds. The Hall–Kier alpha value is -2.68. The largest absolute Gasteiger partial charge is 0.480 e. The Morgan fingerprint density at radius 3 is 1.42 bits per heavy atom. The number of aliphatic hydroxyl groups is 1. The third-order valence-corrected chi connectivity index (χ3v) is 10.7. The maximum absolute atomic E-state index is 12.7. The van der Waals surface area contributed by atoms with Crippen molar-refractivity contribution in [3.8, 4) is 0 Å². The van der Waals surface area contributed by atoms with Gasteiger partial charge in [-0.25, -0.2) is 4.79 Å². The van der Waals surface area contributed by atoms with Gasteiger partial charge in [0.2, 0.25) is 11.8 Å². The number of hydrogen-bond acceptors (Lipinski definition) is 6. The van der Waals surface area contributed by atoms with Crippen molar-refractivity contribution in [3.63, 3.8) is 0 Å². The Morgan fingerprint density at radius 2 is 0.947 bits per heavy atom. The molecule has 0 aliphatic carbocycles. The van der Waals surface area contributed by atoms with E-state index in [1.807, 2.05) is 0 Å². The fourth-order valence-electron chi connectivity index (χ4n) is 6.97. The summed E-state index contributed by atoms with van der Waals surface area (Å²) in [6.07, 6.45) is 48.2. The molecule has 9 heteroatoms. The lowest BCUT2D eigenvalue weighted by atomic mass is 10.0. The smallest absolute Gasteiger partial charge is 0.328 e. The number of rotatable bonds is 43. The number of carboxylic acid groups (broad SMARTS) is 1. The van der Waals surface area contributed by atoms with Crippen molar-refractivity contribution in [2.45, 2.75) is 244 Å². The molecule has 0 radical (unpaired) electrons. The van der Waals surface area contributed by atoms with Crippen LogP contribution in [-0.4, -0.2) is 59.3 Å². The van der Waals surface area contributed by atoms with Gasteiger partial charge in [-0.1, -0.05) is 173 Å². The predicted octanol–water partition coefficient (Wildman–Crippen LogP) is 12.0. The van der Waals surface area contributed by atoms with E-state index in [0.29, 0.717) is 12.8 Å². The maximum atomic E-state index is 12.7. The number of aliphatic carboxylic acids is 1. The summed E-state index contributed by atoms with van der Waals surface area (Å²) in [6, 6.07) is -1.39. The number of unbranched alkanes of at least 4 members (excludes halogenated alkanes) is 27. The highest BCUT2D eigenvalue weighted by atomic mass is 16.5. The summed E-state index contributed by atoms with van der Waals surface area (Å²) in [5, 5.41) is 22.5. The Labute approximate surface area is 349 Å². The van der Waals surface area contributed by atoms with Crippen LogP contribution in [-0.2, 0) is 23.9 Å². The molecule has 332 valence electrons. The Balaban J connectivity index is 4.04. The van der Waals surface area contributed by atoms with Gasteiger partial charge < -0.3 is 25.6 Å². The standard InChI is InChI=1S/C48H88N2O7/c1-3-5-7-9-11-12-13-14-15-16-17-18-19-20-21-22-23-24-25-26-28-30-36-40-47(54)57-43(37-33-29-27-10-8-6-4-2)38-34-31-32-35-39-45(52)49-41-46(53)50-44(42-51)48(55)56/h16-17,33,37,43-44,51H,3-15,18-32,34-36,38-42H2,1-2H3,(H,49,52)(H,50,53)(H,55,56)/b17-16-,37-33-. The van der Waals surface area contributed by atoms with Gasteiger partial charge in [0.1, 0.15) is 12.1 Å². The number of esters is 1. The van der Waals surface area contributed by atoms with Crippen LogP contribution in [0.4, 0.5) is 0 Å². The van der Waals surface area contributed by atoms with Crippen LogP contribution < -0.4 is 10.6 Å². The summed E-state index contributed by atoms with van der Waals surface area (Å²) in [6.45, 7) is 3.45. The molecule has 0 heterocycles. The first-order valence-electron chi connectivity index (χ1n) is 23.7. The second kappa shape index (κ2) is 42.9. The number of ether oxygens (including phenoxy) is 1. The Morgan fingerprint density at radius 1 is 0.526 bits per heavy atom. The minimum absolute atomic E-state index is 0.110. The number of carbonyl (C=O) groups is 4. The van der Waals surface area contributed by atoms with Crippen molar-refractivity contribution in [3.05, 3.63) is 24.3 Å². The third kappa shape index (κ3) is 39.9. The highest BCUT2D eigenvalue weighted by molar-refractivity contribution is 5.87. The van der Waals surface area contributed by atoms with Crippen molar-refractivity contribution >= 4 is 23.8 Å². The van der Waals surface area contributed by atoms with Gasteiger partial charge in [0.05, 0.1) is 13.2 Å². The molecule has 0 aromatic carbocycles. The van der Waals surface area contributed by atoms with Crippen LogP contribution in [0.5, 0.6) is 0 Å². The molecule has 0 rings (SSSR count). The van der Waals surface area contributed by atoms with Crippen molar-refractivity contribution in [1.82, 2.24) is 10.6 Å². The van der Waals surface area contributed by atoms with E-state index in [-0.39, 0.29) is 30.9 Å². The molecule has 9 nitrogen and oxygen atoms in total. The summed E-state index contributed by atoms with van der Waals surface area (Å²) in [7, 11) is 0. The number of allylic oxidation sites excluding steroid dienone is 3. The molecule has 0 aromatic heterocycles. The third-order valence-electron chi connectivity index (χ3n) is 10.7. The lowest BCUT2D eigenvalue weighted by molar-refractivity contribution is -0.147. The molecule has 4 N–H and O–H groups in total. The molecule has 0 saturated heterocycles. The van der Waals surface area contributed by atoms with Crippen molar-refractivity contribution in [2.24, 2.45) is 0 Å². The number of aliphatic hydroxyl groups excluding tert-OH is 1. The van der Waals surface area contributed by atoms with Gasteiger partial charge in [-0.3, -0.25) is 14.4 Å². The van der Waals surface area contributed by atoms with E-state index < -0.39 is 24.5 Å². The van der Waals surface area contributed by atoms with Crippen LogP contribution in [0, 0.1) is 0 Å². The van der Waals surface area contributed by atoms with Gasteiger partial charge in [0.25, 0.3) is 0 Å². The number of hydrogen-bond donors (Lipinski definition) is 4. The second-order valence-electron chi connectivity index (χ2n) is 16.2. The maximum Gasteiger partial charge on any atom is 0.328 e. The average molecular weight is 805 g/mol. The molecular weight excluding hydrogens is 717 g/mol. The van der Waals surface area contributed by atoms with Gasteiger partial charge in [-0.15, -0.1) is 0 Å². The topological polar surface area (TPSA) is 142 Å². The van der Waals surface area contributed by atoms with Crippen LogP contribution in [0.25, 0.3) is 0 Å². The van der Waals surface area contributed by atoms with Crippen molar-refractivity contribution in [1.29, 1.82) is 0 Å². The zero-order chi connectivity index (χ0) is 41.9. The Kier molecular flexibility index (Phi) is 40.9. The first kappa shape index (κ1) is 54.3. The van der Waals surface area contributed by atoms with Gasteiger partial charge in [-0.05, 0) is 70.3 Å². The number of carboxylic acids is 1. The summed E-state index contributed by atoms with van der Waals surface area (Å²) >= 11 is 0. The summed E-state index contributed by atoms with van der Waals surface area (Å²) in [5.41, 5.74) is 0. The zero-order valence-corrected chi connectivity index (χ0v) is 36.9. The van der Waals surface area contributed by atoms with Crippen molar-refractivity contribution in [2.75, 3.05) is 13.2 Å². The quantitative estimate of drug-likeness (QED) is 0.0273. The van der Waals surface area contributed by atoms with E-state index in [9.17, 15) is 19.2 Å². The molecule has 57 heavy (non-hydrogen) atoms. The van der Waals surface area contributed by atoms with Gasteiger partial charge in [0, 0.05) is 12.8 Å². The molecule has 0 spiro atoms. The molecule has 0 aromatic rings. The van der Waals surface area contributed by atoms with Crippen molar-refractivity contribution < 1.29 is 34.1 Å². The monoisotopic (exact) mass is 805 g/mol. The Bertz CT molecular complexity index is 1010. The second-order valence-corrected chi connectivity index (χ2v) is 16.2. The minimum atomic E-state index is -1.39. The molecule has 2 atom stereocenters. The number of amides is 2. The van der Waals surface area contributed by atoms with Gasteiger partial charge >= 0.3 is 11.9 Å². The van der Waals surface area contributed by atoms with E-state index in [1.165, 1.54) is 148 Å². The normalized spacial score (nSPS) is 12.6. The molecule has 0 saturated carbocycles. The van der Waals surface area contributed by atoms with E-state index >= 15 is 0 Å². The van der Waals surface area contributed by atoms with Gasteiger partial charge in [-0.2, -0.15) is 0 Å². The van der Waals surface area contributed by atoms with Crippen LogP contribution in [0.3, 0.4) is 0 Å². The lowest BCUT2D eigenvalue weighted by Crippen LogP contribution is -2.47. The molecule has 0 fully saturated rings. The van der Waals surface area contributed by atoms with E-state index in [0.717, 1.165) is 51.4 Å². The SMILES string of the molecule is CCCCCCC/C=C\C(CCCCCCC(=O)NCC(=O)NC(CO)C(=O)O)OC(=O)CCCCCCCCCCCCC/C=C\CCCCCCCCCC. The number of nitrogens with one attached hydrogen (secondary N) is 2. The molecule has 0 aliphatic rings. The van der Waals surface area contributed by atoms with Crippen LogP contribution in [0.2, 0.25) is 0 Å². The van der Waals surface area contributed by atoms with E-state index in [1.54, 1.807) is 0 Å². The minimum Gasteiger partial charge on any atom is -0.480 e. The average Bonchev–Trinajstić information content (AvgIpc) is 3.20. The summed E-state index contributed by atoms with van der Waals surface area (Å²) < 4.78 is 5.91. The van der Waals surface area contributed by atoms with E-state index in [2.05, 4.69) is 48.8 Å². The van der Waals surface area contributed by atoms with E-state index in [4.69, 9.17) is 14.9 Å². The lowest BCUT2D eigenvalue weighted by Gasteiger charge is -2.15. The molecule has 0 aliphatic heterocycles. The number of carbonyl (C=O) groups excluding carboxylic acids is 3. The fraction of sp³-hybridized carbons (Fsp3) is 0.833. The van der Waals surface area contributed by atoms with Crippen LogP contribution in [0.15, 0.2) is 24.3 Å². The first-order valence-corrected chi connectivity index (χ1v) is 23.7. The highest BCUT2D eigenvalue weighted by Gasteiger charge is 2.19. The summed E-state index contributed by atoms with van der Waals surface area (Å²) in [5.74, 6) is -2.39. The molecule has 2 unspecified atom stereocenters. The highest BCUT2D eigenvalue weighted by Crippen LogP contribution is 2.16. The van der Waals surface area contributed by atoms with Gasteiger partial charge in [0.15, 0.2) is 0 Å².